The first kappa shape index (κ1) is 12.4. The maximum absolute atomic E-state index is 11.1. The lowest BCUT2D eigenvalue weighted by atomic mass is 10.1. The molecule has 2 rings (SSSR count). The van der Waals surface area contributed by atoms with Crippen molar-refractivity contribution in [2.24, 2.45) is 0 Å². The van der Waals surface area contributed by atoms with Gasteiger partial charge < -0.3 is 10.0 Å². The normalized spacial score (nSPS) is 18.0. The number of benzene rings is 1. The van der Waals surface area contributed by atoms with E-state index in [1.54, 1.807) is 12.2 Å². The van der Waals surface area contributed by atoms with Crippen LogP contribution in [-0.4, -0.2) is 28.6 Å². The van der Waals surface area contributed by atoms with Crippen LogP contribution in [0.15, 0.2) is 54.8 Å². The van der Waals surface area contributed by atoms with Gasteiger partial charge in [0.25, 0.3) is 0 Å². The second kappa shape index (κ2) is 6.05. The second-order valence-electron chi connectivity index (χ2n) is 4.34. The maximum Gasteiger partial charge on any atom is 0.330 e. The smallest absolute Gasteiger partial charge is 0.330 e. The highest BCUT2D eigenvalue weighted by Crippen LogP contribution is 2.11. The third-order valence-corrected chi connectivity index (χ3v) is 3.02. The molecule has 3 nitrogen and oxygen atoms in total. The van der Waals surface area contributed by atoms with Crippen LogP contribution in [0.4, 0.5) is 0 Å². The number of hydrogen-bond acceptors (Lipinski definition) is 2. The molecular weight excluding hydrogens is 226 g/mol. The van der Waals surface area contributed by atoms with Gasteiger partial charge in [-0.05, 0) is 24.5 Å². The van der Waals surface area contributed by atoms with Gasteiger partial charge in [-0.1, -0.05) is 42.5 Å². The Hall–Kier alpha value is -2.03. The Morgan fingerprint density at radius 2 is 2.00 bits per heavy atom. The number of hydrogen-bond donors (Lipinski definition) is 1. The average Bonchev–Trinajstić information content (AvgIpc) is 2.40. The quantitative estimate of drug-likeness (QED) is 0.863. The minimum Gasteiger partial charge on any atom is -0.479 e. The van der Waals surface area contributed by atoms with Gasteiger partial charge in [-0.2, -0.15) is 0 Å². The lowest BCUT2D eigenvalue weighted by Crippen LogP contribution is -2.37. The van der Waals surface area contributed by atoms with E-state index >= 15 is 0 Å². The van der Waals surface area contributed by atoms with Crippen LogP contribution in [0, 0.1) is 0 Å². The van der Waals surface area contributed by atoms with Crippen molar-refractivity contribution in [2.75, 3.05) is 6.54 Å². The minimum absolute atomic E-state index is 0.522. The molecule has 0 bridgehead atoms. The molecule has 0 aliphatic carbocycles. The van der Waals surface area contributed by atoms with Gasteiger partial charge in [-0.3, -0.25) is 0 Å². The van der Waals surface area contributed by atoms with Gasteiger partial charge in [-0.25, -0.2) is 4.79 Å². The maximum atomic E-state index is 11.1. The van der Waals surface area contributed by atoms with E-state index in [9.17, 15) is 4.79 Å². The van der Waals surface area contributed by atoms with Crippen LogP contribution in [0.2, 0.25) is 0 Å². The van der Waals surface area contributed by atoms with Crippen LogP contribution in [0.25, 0.3) is 0 Å². The van der Waals surface area contributed by atoms with Crippen LogP contribution < -0.4 is 0 Å². The Morgan fingerprint density at radius 3 is 2.72 bits per heavy atom. The Kier molecular flexibility index (Phi) is 4.18. The Morgan fingerprint density at radius 1 is 1.22 bits per heavy atom. The lowest BCUT2D eigenvalue weighted by Gasteiger charge is -2.27. The van der Waals surface area contributed by atoms with Crippen LogP contribution in [0.1, 0.15) is 12.0 Å². The fourth-order valence-corrected chi connectivity index (χ4v) is 2.08. The molecule has 0 saturated heterocycles. The predicted octanol–water partition coefficient (Wildman–Crippen LogP) is 2.46. The molecule has 0 aromatic heterocycles. The molecule has 1 aliphatic heterocycles. The SMILES string of the molecule is O=C(O)C1C=CC=CN1CCCc1ccccc1. The van der Waals surface area contributed by atoms with Crippen molar-refractivity contribution in [3.05, 3.63) is 60.3 Å². The van der Waals surface area contributed by atoms with E-state index in [0.717, 1.165) is 19.4 Å². The largest absolute Gasteiger partial charge is 0.479 e. The van der Waals surface area contributed by atoms with Crippen molar-refractivity contribution in [1.29, 1.82) is 0 Å². The summed E-state index contributed by atoms with van der Waals surface area (Å²) in [5, 5.41) is 9.10. The van der Waals surface area contributed by atoms with Crippen LogP contribution in [0.3, 0.4) is 0 Å². The van der Waals surface area contributed by atoms with Crippen LogP contribution >= 0.6 is 0 Å². The number of aryl methyl sites for hydroxylation is 1. The van der Waals surface area contributed by atoms with E-state index < -0.39 is 12.0 Å². The molecule has 0 radical (unpaired) electrons. The van der Waals surface area contributed by atoms with Crippen LogP contribution in [-0.2, 0) is 11.2 Å². The molecule has 94 valence electrons. The molecule has 1 N–H and O–H groups in total. The zero-order chi connectivity index (χ0) is 12.8. The summed E-state index contributed by atoms with van der Waals surface area (Å²) in [5.41, 5.74) is 1.29. The fourth-order valence-electron chi connectivity index (χ4n) is 2.08. The summed E-state index contributed by atoms with van der Waals surface area (Å²) >= 11 is 0. The minimum atomic E-state index is -0.796. The zero-order valence-corrected chi connectivity index (χ0v) is 10.2. The van der Waals surface area contributed by atoms with Gasteiger partial charge in [0.15, 0.2) is 0 Å². The molecule has 0 amide bonds. The molecule has 18 heavy (non-hydrogen) atoms. The Balaban J connectivity index is 1.84. The molecule has 1 unspecified atom stereocenters. The van der Waals surface area contributed by atoms with E-state index in [2.05, 4.69) is 12.1 Å². The third-order valence-electron chi connectivity index (χ3n) is 3.02. The first-order chi connectivity index (χ1) is 8.77. The molecule has 1 aromatic carbocycles. The number of carboxylic acids is 1. The topological polar surface area (TPSA) is 40.5 Å². The van der Waals surface area contributed by atoms with Crippen molar-refractivity contribution in [3.63, 3.8) is 0 Å². The van der Waals surface area contributed by atoms with E-state index in [-0.39, 0.29) is 0 Å². The highest BCUT2D eigenvalue weighted by atomic mass is 16.4. The van der Waals surface area contributed by atoms with Gasteiger partial charge in [0.2, 0.25) is 0 Å². The van der Waals surface area contributed by atoms with Crippen LogP contribution in [0.5, 0.6) is 0 Å². The Labute approximate surface area is 107 Å². The van der Waals surface area contributed by atoms with Gasteiger partial charge in [0, 0.05) is 12.7 Å². The van der Waals surface area contributed by atoms with E-state index in [0.29, 0.717) is 0 Å². The van der Waals surface area contributed by atoms with Gasteiger partial charge in [0.1, 0.15) is 6.04 Å². The number of rotatable bonds is 5. The van der Waals surface area contributed by atoms with Crippen molar-refractivity contribution in [2.45, 2.75) is 18.9 Å². The van der Waals surface area contributed by atoms with E-state index in [4.69, 9.17) is 5.11 Å². The van der Waals surface area contributed by atoms with Gasteiger partial charge in [-0.15, -0.1) is 0 Å². The summed E-state index contributed by atoms with van der Waals surface area (Å²) in [5.74, 6) is -0.796. The molecule has 0 spiro atoms. The zero-order valence-electron chi connectivity index (χ0n) is 10.2. The number of allylic oxidation sites excluding steroid dienone is 2. The number of nitrogens with zero attached hydrogens (tertiary/aromatic N) is 1. The molecule has 0 fully saturated rings. The summed E-state index contributed by atoms with van der Waals surface area (Å²) in [4.78, 5) is 12.9. The first-order valence-corrected chi connectivity index (χ1v) is 6.15. The highest BCUT2D eigenvalue weighted by Gasteiger charge is 2.20. The summed E-state index contributed by atoms with van der Waals surface area (Å²) in [6.45, 7) is 0.757. The van der Waals surface area contributed by atoms with E-state index in [1.807, 2.05) is 35.4 Å². The standard InChI is InChI=1S/C15H17NO2/c17-15(18)14-10-4-5-11-16(14)12-6-9-13-7-2-1-3-8-13/h1-5,7-8,10-11,14H,6,9,12H2,(H,17,18). The summed E-state index contributed by atoms with van der Waals surface area (Å²) in [6.07, 6.45) is 9.15. The van der Waals surface area contributed by atoms with Crippen molar-refractivity contribution < 1.29 is 9.90 Å². The molecule has 1 heterocycles. The molecule has 1 atom stereocenters. The molecule has 1 aliphatic rings. The predicted molar refractivity (Wildman–Crippen MR) is 71.2 cm³/mol. The van der Waals surface area contributed by atoms with Crippen molar-refractivity contribution in [3.8, 4) is 0 Å². The second-order valence-corrected chi connectivity index (χ2v) is 4.34. The number of carboxylic acid groups (broad SMARTS) is 1. The van der Waals surface area contributed by atoms with Gasteiger partial charge in [0.05, 0.1) is 0 Å². The highest BCUT2D eigenvalue weighted by molar-refractivity contribution is 5.76. The molecule has 3 heteroatoms. The summed E-state index contributed by atoms with van der Waals surface area (Å²) in [6, 6.07) is 9.73. The van der Waals surface area contributed by atoms with Crippen molar-refractivity contribution in [1.82, 2.24) is 4.90 Å². The Bertz CT molecular complexity index is 451. The lowest BCUT2D eigenvalue weighted by molar-refractivity contribution is -0.140. The summed E-state index contributed by atoms with van der Waals surface area (Å²) in [7, 11) is 0. The fraction of sp³-hybridized carbons (Fsp3) is 0.267. The molecular formula is C15H17NO2. The third kappa shape index (κ3) is 3.23. The van der Waals surface area contributed by atoms with Gasteiger partial charge >= 0.3 is 5.97 Å². The van der Waals surface area contributed by atoms with E-state index in [1.165, 1.54) is 5.56 Å². The monoisotopic (exact) mass is 243 g/mol. The number of aliphatic carboxylic acids is 1. The molecule has 0 saturated carbocycles. The van der Waals surface area contributed by atoms with Crippen molar-refractivity contribution >= 4 is 5.97 Å². The summed E-state index contributed by atoms with van der Waals surface area (Å²) < 4.78 is 0. The first-order valence-electron chi connectivity index (χ1n) is 6.15. The molecule has 1 aromatic rings. The average molecular weight is 243 g/mol. The number of carbonyl (C=O) groups is 1.